The van der Waals surface area contributed by atoms with Crippen molar-refractivity contribution in [2.45, 2.75) is 12.8 Å². The van der Waals surface area contributed by atoms with E-state index in [0.717, 1.165) is 4.90 Å². The third-order valence-corrected chi connectivity index (χ3v) is 4.65. The fourth-order valence-electron chi connectivity index (χ4n) is 1.99. The first-order valence-corrected chi connectivity index (χ1v) is 7.50. The predicted octanol–water partition coefficient (Wildman–Crippen LogP) is -1.79. The molecule has 1 aliphatic heterocycles. The molecule has 1 atom stereocenters. The number of nitrogens with two attached hydrogens (primary N) is 1. The van der Waals surface area contributed by atoms with Gasteiger partial charge in [-0.25, -0.2) is 8.42 Å². The zero-order valence-electron chi connectivity index (χ0n) is 10.2. The Kier molecular flexibility index (Phi) is 4.87. The van der Waals surface area contributed by atoms with Crippen LogP contribution in [0.3, 0.4) is 0 Å². The van der Waals surface area contributed by atoms with E-state index in [1.807, 2.05) is 0 Å². The Bertz CT molecular complexity index is 470. The normalized spacial score (nSPS) is 20.9. The van der Waals surface area contributed by atoms with Gasteiger partial charge in [-0.05, 0) is 12.3 Å². The number of rotatable bonds is 6. The molecule has 0 aromatic carbocycles. The molecule has 0 bridgehead atoms. The molecule has 1 unspecified atom stereocenters. The van der Waals surface area contributed by atoms with E-state index in [0.29, 0.717) is 6.42 Å². The van der Waals surface area contributed by atoms with Crippen LogP contribution in [0.15, 0.2) is 0 Å². The second kappa shape index (κ2) is 6.00. The smallest absolute Gasteiger partial charge is 0.323 e. The first-order chi connectivity index (χ1) is 8.69. The lowest BCUT2D eigenvalue weighted by Gasteiger charge is -2.20. The molecule has 108 valence electrons. The van der Waals surface area contributed by atoms with Crippen molar-refractivity contribution in [1.29, 1.82) is 0 Å². The lowest BCUT2D eigenvalue weighted by Crippen LogP contribution is -2.42. The number of hydrogen-bond acceptors (Lipinski definition) is 5. The average Bonchev–Trinajstić information content (AvgIpc) is 2.55. The van der Waals surface area contributed by atoms with Gasteiger partial charge in [0.05, 0.1) is 18.1 Å². The standard InChI is InChI=1S/C10H16N2O6S/c11-8(13)4-12(5-10(15)16)9(14)3-7-1-2-19(17,18)6-7/h7H,1-6H2,(H2,11,13)(H,15,16). The van der Waals surface area contributed by atoms with Crippen LogP contribution in [0.5, 0.6) is 0 Å². The molecule has 0 aromatic rings. The highest BCUT2D eigenvalue weighted by molar-refractivity contribution is 7.91. The molecule has 3 N–H and O–H groups in total. The van der Waals surface area contributed by atoms with Gasteiger partial charge in [-0.1, -0.05) is 0 Å². The Hall–Kier alpha value is -1.64. The van der Waals surface area contributed by atoms with Gasteiger partial charge in [0.15, 0.2) is 9.84 Å². The van der Waals surface area contributed by atoms with E-state index in [4.69, 9.17) is 10.8 Å². The van der Waals surface area contributed by atoms with E-state index in [1.165, 1.54) is 0 Å². The topological polar surface area (TPSA) is 135 Å². The maximum atomic E-state index is 11.8. The second-order valence-electron chi connectivity index (χ2n) is 4.58. The van der Waals surface area contributed by atoms with Crippen molar-refractivity contribution in [2.75, 3.05) is 24.6 Å². The first kappa shape index (κ1) is 15.4. The Morgan fingerprint density at radius 1 is 1.26 bits per heavy atom. The molecule has 0 spiro atoms. The Balaban J connectivity index is 2.61. The third kappa shape index (κ3) is 5.25. The summed E-state index contributed by atoms with van der Waals surface area (Å²) in [7, 11) is -3.09. The van der Waals surface area contributed by atoms with Crippen molar-refractivity contribution < 1.29 is 27.9 Å². The zero-order chi connectivity index (χ0) is 14.6. The number of carboxylic acids is 1. The SMILES string of the molecule is NC(=O)CN(CC(=O)O)C(=O)CC1CCS(=O)(=O)C1. The zero-order valence-corrected chi connectivity index (χ0v) is 11.1. The van der Waals surface area contributed by atoms with E-state index in [9.17, 15) is 22.8 Å². The largest absolute Gasteiger partial charge is 0.480 e. The first-order valence-electron chi connectivity index (χ1n) is 5.68. The maximum absolute atomic E-state index is 11.8. The monoisotopic (exact) mass is 292 g/mol. The summed E-state index contributed by atoms with van der Waals surface area (Å²) in [5, 5.41) is 8.65. The van der Waals surface area contributed by atoms with Gasteiger partial charge in [-0.2, -0.15) is 0 Å². The number of primary amides is 1. The quantitative estimate of drug-likeness (QED) is 0.593. The number of sulfone groups is 1. The molecular formula is C10H16N2O6S. The highest BCUT2D eigenvalue weighted by Crippen LogP contribution is 2.22. The van der Waals surface area contributed by atoms with Crippen LogP contribution in [-0.2, 0) is 24.2 Å². The van der Waals surface area contributed by atoms with Crippen molar-refractivity contribution >= 4 is 27.6 Å². The summed E-state index contributed by atoms with van der Waals surface area (Å²) in [4.78, 5) is 34.0. The van der Waals surface area contributed by atoms with E-state index in [1.54, 1.807) is 0 Å². The van der Waals surface area contributed by atoms with Crippen LogP contribution in [0.1, 0.15) is 12.8 Å². The summed E-state index contributed by atoms with van der Waals surface area (Å²) < 4.78 is 22.5. The highest BCUT2D eigenvalue weighted by Gasteiger charge is 2.31. The Labute approximate surface area is 110 Å². The van der Waals surface area contributed by atoms with Crippen LogP contribution in [-0.4, -0.2) is 60.8 Å². The van der Waals surface area contributed by atoms with Gasteiger partial charge in [-0.3, -0.25) is 14.4 Å². The van der Waals surface area contributed by atoms with Gasteiger partial charge < -0.3 is 15.7 Å². The van der Waals surface area contributed by atoms with Gasteiger partial charge in [0, 0.05) is 6.42 Å². The van der Waals surface area contributed by atoms with Gasteiger partial charge in [-0.15, -0.1) is 0 Å². The van der Waals surface area contributed by atoms with Crippen molar-refractivity contribution in [3.05, 3.63) is 0 Å². The van der Waals surface area contributed by atoms with Gasteiger partial charge >= 0.3 is 5.97 Å². The summed E-state index contributed by atoms with van der Waals surface area (Å²) in [6.07, 6.45) is 0.297. The lowest BCUT2D eigenvalue weighted by molar-refractivity contribution is -0.146. The van der Waals surface area contributed by atoms with Crippen LogP contribution in [0.4, 0.5) is 0 Å². The number of carbonyl (C=O) groups is 3. The molecule has 1 heterocycles. The van der Waals surface area contributed by atoms with Gasteiger partial charge in [0.25, 0.3) is 0 Å². The van der Waals surface area contributed by atoms with Crippen molar-refractivity contribution in [1.82, 2.24) is 4.90 Å². The van der Waals surface area contributed by atoms with E-state index in [-0.39, 0.29) is 23.8 Å². The molecule has 0 radical (unpaired) electrons. The number of aliphatic carboxylic acids is 1. The fourth-order valence-corrected chi connectivity index (χ4v) is 3.85. The summed E-state index contributed by atoms with van der Waals surface area (Å²) in [5.74, 6) is -2.98. The number of amides is 2. The number of carboxylic acid groups (broad SMARTS) is 1. The predicted molar refractivity (Wildman–Crippen MR) is 64.8 cm³/mol. The van der Waals surface area contributed by atoms with E-state index in [2.05, 4.69) is 0 Å². The molecular weight excluding hydrogens is 276 g/mol. The van der Waals surface area contributed by atoms with E-state index < -0.39 is 40.7 Å². The summed E-state index contributed by atoms with van der Waals surface area (Å²) >= 11 is 0. The molecule has 0 aromatic heterocycles. The molecule has 0 saturated carbocycles. The maximum Gasteiger partial charge on any atom is 0.323 e. The van der Waals surface area contributed by atoms with Crippen LogP contribution in [0.25, 0.3) is 0 Å². The summed E-state index contributed by atoms with van der Waals surface area (Å²) in [5.41, 5.74) is 4.94. The minimum Gasteiger partial charge on any atom is -0.480 e. The van der Waals surface area contributed by atoms with Crippen molar-refractivity contribution in [3.8, 4) is 0 Å². The molecule has 1 fully saturated rings. The number of nitrogens with zero attached hydrogens (tertiary/aromatic N) is 1. The molecule has 1 aliphatic rings. The Morgan fingerprint density at radius 3 is 2.32 bits per heavy atom. The molecule has 0 aliphatic carbocycles. The summed E-state index contributed by atoms with van der Waals surface area (Å²) in [6.45, 7) is -1.11. The van der Waals surface area contributed by atoms with Gasteiger partial charge in [0.1, 0.15) is 6.54 Å². The van der Waals surface area contributed by atoms with Crippen LogP contribution < -0.4 is 5.73 Å². The fraction of sp³-hybridized carbons (Fsp3) is 0.700. The third-order valence-electron chi connectivity index (χ3n) is 2.82. The van der Waals surface area contributed by atoms with Crippen LogP contribution >= 0.6 is 0 Å². The van der Waals surface area contributed by atoms with Crippen LogP contribution in [0, 0.1) is 5.92 Å². The lowest BCUT2D eigenvalue weighted by atomic mass is 10.0. The number of hydrogen-bond donors (Lipinski definition) is 2. The van der Waals surface area contributed by atoms with Crippen LogP contribution in [0.2, 0.25) is 0 Å². The second-order valence-corrected chi connectivity index (χ2v) is 6.81. The van der Waals surface area contributed by atoms with Crippen molar-refractivity contribution in [3.63, 3.8) is 0 Å². The molecule has 1 saturated heterocycles. The molecule has 19 heavy (non-hydrogen) atoms. The number of carbonyl (C=O) groups excluding carboxylic acids is 2. The minimum atomic E-state index is -3.09. The molecule has 1 rings (SSSR count). The molecule has 2 amide bonds. The van der Waals surface area contributed by atoms with Gasteiger partial charge in [0.2, 0.25) is 11.8 Å². The molecule has 8 nitrogen and oxygen atoms in total. The Morgan fingerprint density at radius 2 is 1.89 bits per heavy atom. The highest BCUT2D eigenvalue weighted by atomic mass is 32.2. The minimum absolute atomic E-state index is 0.0414. The summed E-state index contributed by atoms with van der Waals surface area (Å²) in [6, 6.07) is 0. The average molecular weight is 292 g/mol. The van der Waals surface area contributed by atoms with Crippen molar-refractivity contribution in [2.24, 2.45) is 11.7 Å². The molecule has 9 heteroatoms. The van der Waals surface area contributed by atoms with E-state index >= 15 is 0 Å².